The van der Waals surface area contributed by atoms with Gasteiger partial charge in [-0.2, -0.15) is 9.49 Å². The summed E-state index contributed by atoms with van der Waals surface area (Å²) in [5.41, 5.74) is 8.25. The number of nitrogen functional groups attached to an aromatic ring is 1. The zero-order chi connectivity index (χ0) is 29.4. The number of hydrogen-bond acceptors (Lipinski definition) is 7. The van der Waals surface area contributed by atoms with Crippen LogP contribution in [-0.4, -0.2) is 45.0 Å². The number of carbonyl (C=O) groups is 1. The second-order valence-corrected chi connectivity index (χ2v) is 10.0. The van der Waals surface area contributed by atoms with Crippen LogP contribution in [0.25, 0.3) is 22.3 Å². The van der Waals surface area contributed by atoms with E-state index in [0.29, 0.717) is 22.7 Å². The zero-order valence-corrected chi connectivity index (χ0v) is 22.9. The minimum absolute atomic E-state index is 0.0627. The molecule has 11 heteroatoms. The Kier molecular flexibility index (Phi) is 7.07. The number of aliphatic imine (C=N–C) groups is 1. The van der Waals surface area contributed by atoms with Gasteiger partial charge in [-0.3, -0.25) is 4.79 Å². The second kappa shape index (κ2) is 11.0. The number of halogens is 2. The van der Waals surface area contributed by atoms with Gasteiger partial charge in [-0.25, -0.2) is 24.0 Å². The maximum Gasteiger partial charge on any atom is 0.201 e. The molecule has 0 spiro atoms. The molecule has 0 saturated heterocycles. The predicted octanol–water partition coefficient (Wildman–Crippen LogP) is 6.14. The molecule has 0 bridgehead atoms. The van der Waals surface area contributed by atoms with Crippen LogP contribution in [0.15, 0.2) is 78.0 Å². The molecule has 1 atom stereocenters. The molecule has 5 aromatic rings. The number of benzene rings is 3. The van der Waals surface area contributed by atoms with Crippen LogP contribution in [-0.2, 0) is 0 Å². The molecule has 2 N–H and O–H groups in total. The molecular formula is C31H27F2N7O2. The van der Waals surface area contributed by atoms with Gasteiger partial charge in [0.05, 0.1) is 17.2 Å². The van der Waals surface area contributed by atoms with E-state index < -0.39 is 17.7 Å². The molecule has 2 heterocycles. The quantitative estimate of drug-likeness (QED) is 0.136. The van der Waals surface area contributed by atoms with E-state index in [2.05, 4.69) is 9.97 Å². The number of ether oxygens (including phenoxy) is 1. The maximum absolute atomic E-state index is 15.5. The number of fused-ring (bicyclic) bond motifs is 1. The van der Waals surface area contributed by atoms with E-state index in [-0.39, 0.29) is 34.3 Å². The standard InChI is InChI=1S/C31H27F2N7O2/c1-18(30(39(2)20-9-4-3-5-10-20)37-23-11-7-6-8-19(23)16-41)40-31-25(29(34)35-17-36-31)28(38-40)22-14-15-24(27(33)26(22)32)42-21-12-13-21/h3-11,14-18,21H,12-13H2,1-2H3,(H2,34,35,36)/b37-30-. The Morgan fingerprint density at radius 2 is 1.81 bits per heavy atom. The predicted molar refractivity (Wildman–Crippen MR) is 157 cm³/mol. The Labute approximate surface area is 240 Å². The van der Waals surface area contributed by atoms with E-state index in [1.807, 2.05) is 49.2 Å². The van der Waals surface area contributed by atoms with Crippen LogP contribution in [0.2, 0.25) is 0 Å². The van der Waals surface area contributed by atoms with Crippen molar-refractivity contribution in [3.8, 4) is 17.0 Å². The molecule has 1 unspecified atom stereocenters. The molecule has 0 aliphatic heterocycles. The Hall–Kier alpha value is -5.19. The lowest BCUT2D eigenvalue weighted by Crippen LogP contribution is -2.34. The summed E-state index contributed by atoms with van der Waals surface area (Å²) in [7, 11) is 1.85. The number of likely N-dealkylation sites (N-methyl/N-ethyl adjacent to an activating group) is 1. The van der Waals surface area contributed by atoms with Crippen LogP contribution in [0.1, 0.15) is 36.2 Å². The highest BCUT2D eigenvalue weighted by Crippen LogP contribution is 2.38. The Bertz CT molecular complexity index is 1820. The van der Waals surface area contributed by atoms with E-state index in [1.54, 1.807) is 28.9 Å². The molecular weight excluding hydrogens is 540 g/mol. The first-order chi connectivity index (χ1) is 20.4. The number of nitrogens with zero attached hydrogens (tertiary/aromatic N) is 6. The van der Waals surface area contributed by atoms with Gasteiger partial charge in [0, 0.05) is 23.9 Å². The van der Waals surface area contributed by atoms with Crippen LogP contribution >= 0.6 is 0 Å². The van der Waals surface area contributed by atoms with Crippen molar-refractivity contribution in [1.82, 2.24) is 19.7 Å². The number of para-hydroxylation sites is 2. The Morgan fingerprint density at radius 1 is 1.07 bits per heavy atom. The number of nitrogens with two attached hydrogens (primary N) is 1. The van der Waals surface area contributed by atoms with Gasteiger partial charge in [0.1, 0.15) is 29.7 Å². The lowest BCUT2D eigenvalue weighted by atomic mass is 10.1. The summed E-state index contributed by atoms with van der Waals surface area (Å²) in [5.74, 6) is -1.78. The number of rotatable bonds is 8. The molecule has 1 saturated carbocycles. The average Bonchev–Trinajstić information content (AvgIpc) is 3.75. The third-order valence-corrected chi connectivity index (χ3v) is 7.16. The van der Waals surface area contributed by atoms with Crippen molar-refractivity contribution in [1.29, 1.82) is 0 Å². The molecule has 6 rings (SSSR count). The van der Waals surface area contributed by atoms with Gasteiger partial charge in [-0.15, -0.1) is 0 Å². The highest BCUT2D eigenvalue weighted by atomic mass is 19.2. The number of anilines is 2. The van der Waals surface area contributed by atoms with Gasteiger partial charge in [0.2, 0.25) is 5.82 Å². The van der Waals surface area contributed by atoms with Crippen LogP contribution in [0.3, 0.4) is 0 Å². The molecule has 3 aromatic carbocycles. The SMILES string of the molecule is CC(/C(=N/c1ccccc1C=O)N(C)c1ccccc1)n1nc(-c2ccc(OC3CC3)c(F)c2F)c2c(N)ncnc21. The zero-order valence-electron chi connectivity index (χ0n) is 22.9. The summed E-state index contributed by atoms with van der Waals surface area (Å²) >= 11 is 0. The fourth-order valence-corrected chi connectivity index (χ4v) is 4.78. The lowest BCUT2D eigenvalue weighted by molar-refractivity contribution is 0.112. The van der Waals surface area contributed by atoms with Crippen molar-refractivity contribution in [2.24, 2.45) is 4.99 Å². The highest BCUT2D eigenvalue weighted by molar-refractivity contribution is 6.04. The maximum atomic E-state index is 15.5. The van der Waals surface area contributed by atoms with E-state index >= 15 is 8.78 Å². The van der Waals surface area contributed by atoms with Crippen LogP contribution in [0, 0.1) is 11.6 Å². The molecule has 2 aromatic heterocycles. The smallest absolute Gasteiger partial charge is 0.201 e. The van der Waals surface area contributed by atoms with Crippen molar-refractivity contribution in [2.45, 2.75) is 31.9 Å². The van der Waals surface area contributed by atoms with E-state index in [4.69, 9.17) is 20.6 Å². The molecule has 9 nitrogen and oxygen atoms in total. The van der Waals surface area contributed by atoms with Crippen molar-refractivity contribution in [2.75, 3.05) is 17.7 Å². The van der Waals surface area contributed by atoms with Gasteiger partial charge in [-0.1, -0.05) is 30.3 Å². The normalized spacial score (nSPS) is 14.1. The van der Waals surface area contributed by atoms with Gasteiger partial charge in [-0.05, 0) is 56.2 Å². The number of amidine groups is 1. The third-order valence-electron chi connectivity index (χ3n) is 7.16. The molecule has 1 aliphatic carbocycles. The third kappa shape index (κ3) is 4.93. The van der Waals surface area contributed by atoms with Gasteiger partial charge < -0.3 is 15.4 Å². The Morgan fingerprint density at radius 3 is 2.55 bits per heavy atom. The van der Waals surface area contributed by atoms with E-state index in [9.17, 15) is 4.79 Å². The topological polar surface area (TPSA) is 112 Å². The number of aldehydes is 1. The van der Waals surface area contributed by atoms with Gasteiger partial charge in [0.15, 0.2) is 23.5 Å². The monoisotopic (exact) mass is 567 g/mol. The number of hydrogen-bond donors (Lipinski definition) is 1. The fraction of sp³-hybridized carbons (Fsp3) is 0.194. The van der Waals surface area contributed by atoms with Crippen molar-refractivity contribution < 1.29 is 18.3 Å². The van der Waals surface area contributed by atoms with Gasteiger partial charge in [0.25, 0.3) is 0 Å². The highest BCUT2D eigenvalue weighted by Gasteiger charge is 2.30. The van der Waals surface area contributed by atoms with Crippen LogP contribution < -0.4 is 15.4 Å². The molecule has 1 aliphatic rings. The summed E-state index contributed by atoms with van der Waals surface area (Å²) in [5, 5.41) is 4.99. The first kappa shape index (κ1) is 27.0. The van der Waals surface area contributed by atoms with E-state index in [0.717, 1.165) is 24.8 Å². The fourth-order valence-electron chi connectivity index (χ4n) is 4.78. The van der Waals surface area contributed by atoms with Gasteiger partial charge >= 0.3 is 0 Å². The molecule has 0 amide bonds. The number of aromatic nitrogens is 4. The first-order valence-electron chi connectivity index (χ1n) is 13.4. The first-order valence-corrected chi connectivity index (χ1v) is 13.4. The second-order valence-electron chi connectivity index (χ2n) is 10.0. The van der Waals surface area contributed by atoms with Crippen LogP contribution in [0.5, 0.6) is 5.75 Å². The lowest BCUT2D eigenvalue weighted by Gasteiger charge is -2.26. The molecule has 0 radical (unpaired) electrons. The largest absolute Gasteiger partial charge is 0.487 e. The minimum atomic E-state index is -1.11. The molecule has 1 fully saturated rings. The summed E-state index contributed by atoms with van der Waals surface area (Å²) in [6, 6.07) is 18.7. The summed E-state index contributed by atoms with van der Waals surface area (Å²) in [4.78, 5) is 27.1. The molecule has 42 heavy (non-hydrogen) atoms. The summed E-state index contributed by atoms with van der Waals surface area (Å²) in [6.45, 7) is 1.85. The Balaban J connectivity index is 1.52. The summed E-state index contributed by atoms with van der Waals surface area (Å²) in [6.07, 6.45) is 3.55. The summed E-state index contributed by atoms with van der Waals surface area (Å²) < 4.78 is 37.7. The van der Waals surface area contributed by atoms with Crippen molar-refractivity contribution in [3.05, 3.63) is 90.3 Å². The van der Waals surface area contributed by atoms with E-state index in [1.165, 1.54) is 18.5 Å². The van der Waals surface area contributed by atoms with Crippen LogP contribution in [0.4, 0.5) is 26.0 Å². The molecule has 212 valence electrons. The van der Waals surface area contributed by atoms with Crippen molar-refractivity contribution >= 4 is 40.3 Å². The number of carbonyl (C=O) groups excluding carboxylic acids is 1. The average molecular weight is 568 g/mol. The minimum Gasteiger partial charge on any atom is -0.487 e. The van der Waals surface area contributed by atoms with Crippen molar-refractivity contribution in [3.63, 3.8) is 0 Å².